The number of hydrogen-bond acceptors (Lipinski definition) is 4. The highest BCUT2D eigenvalue weighted by molar-refractivity contribution is 7.90. The minimum Gasteiger partial charge on any atom is -0.472 e. The number of sulfone groups is 1. The van der Waals surface area contributed by atoms with Gasteiger partial charge in [-0.15, -0.1) is 0 Å². The van der Waals surface area contributed by atoms with Crippen LogP contribution in [0.25, 0.3) is 0 Å². The first-order valence-electron chi connectivity index (χ1n) is 5.55. The normalized spacial score (nSPS) is 13.2. The molecule has 1 heterocycles. The van der Waals surface area contributed by atoms with E-state index in [1.807, 2.05) is 13.0 Å². The molecular weight excluding hydrogens is 250 g/mol. The largest absolute Gasteiger partial charge is 0.472 e. The van der Waals surface area contributed by atoms with Crippen LogP contribution in [0.4, 0.5) is 5.69 Å². The molecule has 0 bridgehead atoms. The molecule has 0 aliphatic carbocycles. The molecule has 1 N–H and O–H groups in total. The molecule has 0 fully saturated rings. The number of hydrogen-bond donors (Lipinski definition) is 1. The summed E-state index contributed by atoms with van der Waals surface area (Å²) in [5.41, 5.74) is 1.92. The molecule has 0 radical (unpaired) electrons. The monoisotopic (exact) mass is 265 g/mol. The lowest BCUT2D eigenvalue weighted by molar-refractivity contribution is 0.562. The summed E-state index contributed by atoms with van der Waals surface area (Å²) in [7, 11) is -3.13. The smallest absolute Gasteiger partial charge is 0.175 e. The molecule has 4 nitrogen and oxygen atoms in total. The molecule has 2 rings (SSSR count). The first-order chi connectivity index (χ1) is 8.47. The van der Waals surface area contributed by atoms with Gasteiger partial charge >= 0.3 is 0 Å². The SMILES string of the molecule is CC(Nc1ccc(S(C)(=O)=O)cc1)c1ccoc1. The van der Waals surface area contributed by atoms with E-state index < -0.39 is 9.84 Å². The molecule has 18 heavy (non-hydrogen) atoms. The lowest BCUT2D eigenvalue weighted by Crippen LogP contribution is -2.05. The lowest BCUT2D eigenvalue weighted by atomic mass is 10.1. The zero-order chi connectivity index (χ0) is 13.2. The van der Waals surface area contributed by atoms with Crippen LogP contribution in [-0.2, 0) is 9.84 Å². The van der Waals surface area contributed by atoms with Crippen LogP contribution in [0.15, 0.2) is 52.2 Å². The van der Waals surface area contributed by atoms with E-state index in [9.17, 15) is 8.42 Å². The summed E-state index contributed by atoms with van der Waals surface area (Å²) in [4.78, 5) is 0.323. The Labute approximate surface area is 107 Å². The zero-order valence-corrected chi connectivity index (χ0v) is 11.1. The van der Waals surface area contributed by atoms with Gasteiger partial charge in [0.2, 0.25) is 0 Å². The highest BCUT2D eigenvalue weighted by Crippen LogP contribution is 2.20. The summed E-state index contributed by atoms with van der Waals surface area (Å²) in [6.45, 7) is 2.01. The van der Waals surface area contributed by atoms with Gasteiger partial charge in [-0.05, 0) is 37.3 Å². The second kappa shape index (κ2) is 4.86. The average molecular weight is 265 g/mol. The van der Waals surface area contributed by atoms with E-state index in [0.717, 1.165) is 11.3 Å². The van der Waals surface area contributed by atoms with E-state index in [4.69, 9.17) is 4.42 Å². The molecule has 0 aliphatic rings. The molecule has 1 aromatic heterocycles. The molecule has 96 valence electrons. The lowest BCUT2D eigenvalue weighted by Gasteiger charge is -2.13. The van der Waals surface area contributed by atoms with Gasteiger partial charge in [0, 0.05) is 17.5 Å². The first kappa shape index (κ1) is 12.7. The fourth-order valence-electron chi connectivity index (χ4n) is 1.65. The molecule has 1 unspecified atom stereocenters. The summed E-state index contributed by atoms with van der Waals surface area (Å²) >= 11 is 0. The molecular formula is C13H15NO3S. The maximum Gasteiger partial charge on any atom is 0.175 e. The van der Waals surface area contributed by atoms with Crippen LogP contribution in [0.5, 0.6) is 0 Å². The maximum atomic E-state index is 11.3. The van der Waals surface area contributed by atoms with Crippen molar-refractivity contribution in [2.24, 2.45) is 0 Å². The third kappa shape index (κ3) is 2.92. The minimum absolute atomic E-state index is 0.104. The van der Waals surface area contributed by atoms with E-state index in [1.165, 1.54) is 6.26 Å². The summed E-state index contributed by atoms with van der Waals surface area (Å²) < 4.78 is 27.7. The predicted octanol–water partition coefficient (Wildman–Crippen LogP) is 2.86. The quantitative estimate of drug-likeness (QED) is 0.923. The van der Waals surface area contributed by atoms with Crippen LogP contribution in [0.3, 0.4) is 0 Å². The molecule has 0 saturated heterocycles. The van der Waals surface area contributed by atoms with Crippen molar-refractivity contribution >= 4 is 15.5 Å². The second-order valence-corrected chi connectivity index (χ2v) is 6.23. The number of nitrogens with one attached hydrogen (secondary N) is 1. The Hall–Kier alpha value is -1.75. The van der Waals surface area contributed by atoms with E-state index in [0.29, 0.717) is 4.90 Å². The van der Waals surface area contributed by atoms with E-state index in [2.05, 4.69) is 5.32 Å². The van der Waals surface area contributed by atoms with Gasteiger partial charge in [-0.2, -0.15) is 0 Å². The van der Waals surface area contributed by atoms with Crippen molar-refractivity contribution in [1.82, 2.24) is 0 Å². The highest BCUT2D eigenvalue weighted by atomic mass is 32.2. The van der Waals surface area contributed by atoms with Crippen molar-refractivity contribution in [3.8, 4) is 0 Å². The van der Waals surface area contributed by atoms with Gasteiger partial charge in [-0.3, -0.25) is 0 Å². The van der Waals surface area contributed by atoms with Crippen molar-refractivity contribution in [2.45, 2.75) is 17.9 Å². The molecule has 1 atom stereocenters. The van der Waals surface area contributed by atoms with Gasteiger partial charge in [0.1, 0.15) is 0 Å². The average Bonchev–Trinajstić information content (AvgIpc) is 2.82. The fourth-order valence-corrected chi connectivity index (χ4v) is 2.28. The predicted molar refractivity (Wildman–Crippen MR) is 70.3 cm³/mol. The van der Waals surface area contributed by atoms with Crippen LogP contribution in [0.1, 0.15) is 18.5 Å². The Morgan fingerprint density at radius 3 is 2.33 bits per heavy atom. The zero-order valence-electron chi connectivity index (χ0n) is 10.3. The van der Waals surface area contributed by atoms with Gasteiger partial charge in [-0.1, -0.05) is 0 Å². The second-order valence-electron chi connectivity index (χ2n) is 4.22. The number of benzene rings is 1. The number of anilines is 1. The van der Waals surface area contributed by atoms with E-state index >= 15 is 0 Å². The van der Waals surface area contributed by atoms with Gasteiger partial charge < -0.3 is 9.73 Å². The standard InChI is InChI=1S/C13H15NO3S/c1-10(11-7-8-17-9-11)14-12-3-5-13(6-4-12)18(2,15)16/h3-10,14H,1-2H3. The summed E-state index contributed by atoms with van der Waals surface area (Å²) in [6.07, 6.45) is 4.51. The fraction of sp³-hybridized carbons (Fsp3) is 0.231. The van der Waals surface area contributed by atoms with Crippen molar-refractivity contribution < 1.29 is 12.8 Å². The summed E-state index contributed by atoms with van der Waals surface area (Å²) in [5, 5.41) is 3.27. The molecule has 2 aromatic rings. The Bertz CT molecular complexity index is 600. The molecule has 5 heteroatoms. The minimum atomic E-state index is -3.13. The van der Waals surface area contributed by atoms with Crippen LogP contribution >= 0.6 is 0 Å². The number of furan rings is 1. The van der Waals surface area contributed by atoms with Crippen molar-refractivity contribution in [3.63, 3.8) is 0 Å². The summed E-state index contributed by atoms with van der Waals surface area (Å²) in [6, 6.07) is 8.70. The van der Waals surface area contributed by atoms with E-state index in [1.54, 1.807) is 36.8 Å². The van der Waals surface area contributed by atoms with Crippen molar-refractivity contribution in [1.29, 1.82) is 0 Å². The first-order valence-corrected chi connectivity index (χ1v) is 7.45. The van der Waals surface area contributed by atoms with Gasteiger partial charge in [0.25, 0.3) is 0 Å². The molecule has 0 spiro atoms. The molecule has 0 amide bonds. The van der Waals surface area contributed by atoms with Crippen LogP contribution in [0.2, 0.25) is 0 Å². The van der Waals surface area contributed by atoms with Crippen LogP contribution in [-0.4, -0.2) is 14.7 Å². The molecule has 1 aromatic carbocycles. The van der Waals surface area contributed by atoms with Crippen LogP contribution < -0.4 is 5.32 Å². The Kier molecular flexibility index (Phi) is 3.43. The highest BCUT2D eigenvalue weighted by Gasteiger charge is 2.08. The Morgan fingerprint density at radius 1 is 1.17 bits per heavy atom. The molecule has 0 saturated carbocycles. The Balaban J connectivity index is 2.12. The Morgan fingerprint density at radius 2 is 1.83 bits per heavy atom. The van der Waals surface area contributed by atoms with Gasteiger partial charge in [0.15, 0.2) is 9.84 Å². The molecule has 0 aliphatic heterocycles. The van der Waals surface area contributed by atoms with Gasteiger partial charge in [0.05, 0.1) is 23.5 Å². The summed E-state index contributed by atoms with van der Waals surface area (Å²) in [5.74, 6) is 0. The van der Waals surface area contributed by atoms with Crippen molar-refractivity contribution in [2.75, 3.05) is 11.6 Å². The third-order valence-electron chi connectivity index (χ3n) is 2.71. The van der Waals surface area contributed by atoms with E-state index in [-0.39, 0.29) is 6.04 Å². The third-order valence-corrected chi connectivity index (χ3v) is 3.84. The van der Waals surface area contributed by atoms with Crippen molar-refractivity contribution in [3.05, 3.63) is 48.4 Å². The topological polar surface area (TPSA) is 59.3 Å². The maximum absolute atomic E-state index is 11.3. The van der Waals surface area contributed by atoms with Gasteiger partial charge in [-0.25, -0.2) is 8.42 Å². The van der Waals surface area contributed by atoms with Crippen LogP contribution in [0, 0.1) is 0 Å². The number of rotatable bonds is 4.